The minimum absolute atomic E-state index is 0.0298. The van der Waals surface area contributed by atoms with Crippen LogP contribution in [0.5, 0.6) is 5.75 Å². The summed E-state index contributed by atoms with van der Waals surface area (Å²) in [4.78, 5) is 22.6. The number of hydrogen-bond donors (Lipinski definition) is 3. The van der Waals surface area contributed by atoms with Crippen LogP contribution in [0, 0.1) is 0 Å². The van der Waals surface area contributed by atoms with E-state index in [-0.39, 0.29) is 17.9 Å². The van der Waals surface area contributed by atoms with Gasteiger partial charge in [-0.2, -0.15) is 0 Å². The summed E-state index contributed by atoms with van der Waals surface area (Å²) in [6, 6.07) is 17.8. The van der Waals surface area contributed by atoms with Gasteiger partial charge in [-0.05, 0) is 11.1 Å². The van der Waals surface area contributed by atoms with Crippen LogP contribution in [0.1, 0.15) is 27.3 Å². The fourth-order valence-corrected chi connectivity index (χ4v) is 3.95. The van der Waals surface area contributed by atoms with Crippen LogP contribution in [0.25, 0.3) is 0 Å². The minimum atomic E-state index is -3.33. The van der Waals surface area contributed by atoms with E-state index in [4.69, 9.17) is 10.5 Å². The Hall–Kier alpha value is -3.43. The Balaban J connectivity index is 2.18. The molecule has 3 aromatic rings. The molecule has 1 aromatic heterocycles. The van der Waals surface area contributed by atoms with E-state index in [1.807, 2.05) is 6.07 Å². The van der Waals surface area contributed by atoms with Gasteiger partial charge in [0.1, 0.15) is 6.61 Å². The summed E-state index contributed by atoms with van der Waals surface area (Å²) in [6.45, 7) is -0.0298. The third kappa shape index (κ3) is 3.85. The van der Waals surface area contributed by atoms with Gasteiger partial charge in [-0.3, -0.25) is 4.79 Å². The zero-order valence-electron chi connectivity index (χ0n) is 16.0. The predicted octanol–water partition coefficient (Wildman–Crippen LogP) is 1.43. The lowest BCUT2D eigenvalue weighted by Gasteiger charge is -2.28. The van der Waals surface area contributed by atoms with E-state index in [0.717, 1.165) is 16.2 Å². The average Bonchev–Trinajstić information content (AvgIpc) is 2.74. The summed E-state index contributed by atoms with van der Waals surface area (Å²) in [6.07, 6.45) is 0. The monoisotopic (exact) mass is 428 g/mol. The van der Waals surface area contributed by atoms with Gasteiger partial charge < -0.3 is 20.1 Å². The van der Waals surface area contributed by atoms with Gasteiger partial charge in [0.2, 0.25) is 5.43 Å². The second-order valence-corrected chi connectivity index (χ2v) is 7.82. The first kappa shape index (κ1) is 21.3. The number of nitrogens with two attached hydrogens (primary N) is 1. The van der Waals surface area contributed by atoms with Crippen molar-refractivity contribution in [1.82, 2.24) is 4.57 Å². The fraction of sp³-hybridized carbons (Fsp3) is 0.143. The molecule has 1 unspecified atom stereocenters. The van der Waals surface area contributed by atoms with Gasteiger partial charge in [0.15, 0.2) is 27.0 Å². The first-order chi connectivity index (χ1) is 14.3. The van der Waals surface area contributed by atoms with Gasteiger partial charge in [0.05, 0.1) is 5.69 Å². The zero-order valence-corrected chi connectivity index (χ0v) is 16.9. The van der Waals surface area contributed by atoms with E-state index in [9.17, 15) is 23.1 Å². The van der Waals surface area contributed by atoms with Gasteiger partial charge >= 0.3 is 5.97 Å². The van der Waals surface area contributed by atoms with Crippen molar-refractivity contribution < 1.29 is 23.1 Å². The molecule has 0 saturated heterocycles. The number of aromatic nitrogens is 1. The first-order valence-electron chi connectivity index (χ1n) is 8.90. The molecule has 156 valence electrons. The summed E-state index contributed by atoms with van der Waals surface area (Å²) in [5.41, 5.74) is 5.73. The number of aromatic carboxylic acids is 1. The Kier molecular flexibility index (Phi) is 6.04. The first-order valence-corrected chi connectivity index (χ1v) is 10.1. The van der Waals surface area contributed by atoms with Gasteiger partial charge in [-0.1, -0.05) is 60.7 Å². The maximum Gasteiger partial charge on any atom is 0.356 e. The van der Waals surface area contributed by atoms with E-state index in [2.05, 4.69) is 0 Å². The van der Waals surface area contributed by atoms with Crippen molar-refractivity contribution in [3.8, 4) is 5.75 Å². The van der Waals surface area contributed by atoms with Crippen molar-refractivity contribution in [1.29, 1.82) is 0 Å². The van der Waals surface area contributed by atoms with E-state index in [1.54, 1.807) is 42.5 Å². The lowest BCUT2D eigenvalue weighted by molar-refractivity contribution is 0.0678. The van der Waals surface area contributed by atoms with Crippen molar-refractivity contribution >= 4 is 16.7 Å². The van der Waals surface area contributed by atoms with Crippen molar-refractivity contribution in [2.75, 3.05) is 0 Å². The second kappa shape index (κ2) is 8.52. The number of carbonyl (C=O) groups is 1. The quantitative estimate of drug-likeness (QED) is 0.486. The van der Waals surface area contributed by atoms with Crippen LogP contribution in [-0.4, -0.2) is 24.1 Å². The number of ether oxygens (including phenoxy) is 1. The lowest BCUT2D eigenvalue weighted by atomic mass is 10.0. The van der Waals surface area contributed by atoms with Crippen LogP contribution < -0.4 is 15.9 Å². The standard InChI is InChI=1S/C21H20N2O6S/c1-23-17(21(22,30(27)28)15-10-6-3-7-11-15)12-16(24)19(18(23)20(25)26)29-13-14-8-4-2-5-9-14/h2-12,30H,13,22H2,1H3,(H,25,26). The summed E-state index contributed by atoms with van der Waals surface area (Å²) < 4.78 is 31.0. The third-order valence-corrected chi connectivity index (χ3v) is 5.79. The van der Waals surface area contributed by atoms with Crippen LogP contribution in [-0.2, 0) is 29.2 Å². The third-order valence-electron chi connectivity index (χ3n) is 4.72. The van der Waals surface area contributed by atoms with Crippen molar-refractivity contribution in [3.63, 3.8) is 0 Å². The Morgan fingerprint density at radius 1 is 1.10 bits per heavy atom. The largest absolute Gasteiger partial charge is 0.482 e. The molecular weight excluding hydrogens is 408 g/mol. The molecule has 3 N–H and O–H groups in total. The number of thiol groups is 1. The molecule has 1 heterocycles. The van der Waals surface area contributed by atoms with Gasteiger partial charge in [0.25, 0.3) is 0 Å². The Labute approximate surface area is 174 Å². The smallest absolute Gasteiger partial charge is 0.356 e. The molecule has 1 atom stereocenters. The maximum atomic E-state index is 12.8. The molecule has 0 aliphatic heterocycles. The topological polar surface area (TPSA) is 129 Å². The highest BCUT2D eigenvalue weighted by molar-refractivity contribution is 7.73. The lowest BCUT2D eigenvalue weighted by Crippen LogP contribution is -2.43. The molecule has 9 heteroatoms. The number of benzene rings is 2. The van der Waals surface area contributed by atoms with Gasteiger partial charge in [0, 0.05) is 13.1 Å². The average molecular weight is 428 g/mol. The normalized spacial score (nSPS) is 13.0. The molecule has 0 fully saturated rings. The summed E-state index contributed by atoms with van der Waals surface area (Å²) >= 11 is 0. The highest BCUT2D eigenvalue weighted by atomic mass is 32.2. The SMILES string of the molecule is Cn1c(C(N)(c2ccccc2)[SH](=O)=O)cc(=O)c(OCc2ccccc2)c1C(=O)O. The molecule has 3 rings (SSSR count). The van der Waals surface area contributed by atoms with Gasteiger partial charge in [-0.25, -0.2) is 13.2 Å². The van der Waals surface area contributed by atoms with Crippen LogP contribution in [0.15, 0.2) is 71.5 Å². The summed E-state index contributed by atoms with van der Waals surface area (Å²) in [5, 5.41) is 9.74. The zero-order chi connectivity index (χ0) is 21.9. The molecule has 0 aliphatic carbocycles. The van der Waals surface area contributed by atoms with Gasteiger partial charge in [-0.15, -0.1) is 0 Å². The summed E-state index contributed by atoms with van der Waals surface area (Å²) in [7, 11) is -2.00. The molecule has 30 heavy (non-hydrogen) atoms. The number of carboxylic acids is 1. The molecule has 2 aromatic carbocycles. The maximum absolute atomic E-state index is 12.8. The van der Waals surface area contributed by atoms with Crippen LogP contribution in [0.3, 0.4) is 0 Å². The number of carboxylic acid groups (broad SMARTS) is 1. The van der Waals surface area contributed by atoms with Crippen molar-refractivity contribution in [3.05, 3.63) is 99.5 Å². The highest BCUT2D eigenvalue weighted by Crippen LogP contribution is 2.29. The molecule has 0 spiro atoms. The number of nitrogens with zero attached hydrogens (tertiary/aromatic N) is 1. The second-order valence-electron chi connectivity index (χ2n) is 6.60. The van der Waals surface area contributed by atoms with E-state index < -0.39 is 38.4 Å². The van der Waals surface area contributed by atoms with Crippen molar-refractivity contribution in [2.45, 2.75) is 11.5 Å². The molecule has 0 bridgehead atoms. The Morgan fingerprint density at radius 3 is 2.20 bits per heavy atom. The van der Waals surface area contributed by atoms with Crippen LogP contribution in [0.4, 0.5) is 0 Å². The number of pyridine rings is 1. The number of hydrogen-bond acceptors (Lipinski definition) is 6. The molecule has 0 aliphatic rings. The molecule has 0 amide bonds. The van der Waals surface area contributed by atoms with Crippen molar-refractivity contribution in [2.24, 2.45) is 12.8 Å². The minimum Gasteiger partial charge on any atom is -0.482 e. The Bertz CT molecular complexity index is 1200. The van der Waals surface area contributed by atoms with Crippen LogP contribution >= 0.6 is 0 Å². The highest BCUT2D eigenvalue weighted by Gasteiger charge is 2.38. The predicted molar refractivity (Wildman–Crippen MR) is 111 cm³/mol. The van der Waals surface area contributed by atoms with E-state index in [0.29, 0.717) is 0 Å². The fourth-order valence-electron chi connectivity index (χ4n) is 3.19. The van der Waals surface area contributed by atoms with Crippen LogP contribution in [0.2, 0.25) is 0 Å². The molecule has 0 saturated carbocycles. The molecule has 8 nitrogen and oxygen atoms in total. The number of rotatable bonds is 7. The Morgan fingerprint density at radius 2 is 1.67 bits per heavy atom. The molecule has 0 radical (unpaired) electrons. The molecular formula is C21H20N2O6S. The van der Waals surface area contributed by atoms with E-state index in [1.165, 1.54) is 19.2 Å². The van der Waals surface area contributed by atoms with E-state index >= 15 is 0 Å². The summed E-state index contributed by atoms with van der Waals surface area (Å²) in [5.74, 6) is -1.84.